The van der Waals surface area contributed by atoms with Gasteiger partial charge in [-0.15, -0.1) is 0 Å². The number of carboxylic acid groups (broad SMARTS) is 2. The van der Waals surface area contributed by atoms with Gasteiger partial charge in [0, 0.05) is 6.20 Å². The number of amides is 1. The van der Waals surface area contributed by atoms with E-state index in [2.05, 4.69) is 10.3 Å². The predicted octanol–water partition coefficient (Wildman–Crippen LogP) is 1.21. The molecular formula is C14H14ClN3O5. The molecule has 0 spiro atoms. The van der Waals surface area contributed by atoms with Gasteiger partial charge in [-0.25, -0.2) is 9.78 Å². The summed E-state index contributed by atoms with van der Waals surface area (Å²) in [4.78, 5) is 38.5. The molecule has 0 bridgehead atoms. The van der Waals surface area contributed by atoms with E-state index in [4.69, 9.17) is 21.8 Å². The van der Waals surface area contributed by atoms with Gasteiger partial charge in [0.05, 0.1) is 17.1 Å². The molecule has 2 aromatic rings. The number of nitrogens with zero attached hydrogens (tertiary/aromatic N) is 2. The first-order valence-corrected chi connectivity index (χ1v) is 7.13. The van der Waals surface area contributed by atoms with E-state index in [0.29, 0.717) is 22.8 Å². The molecule has 2 heterocycles. The maximum atomic E-state index is 12.4. The van der Waals surface area contributed by atoms with Crippen LogP contribution >= 0.6 is 11.6 Å². The molecule has 0 aromatic carbocycles. The van der Waals surface area contributed by atoms with Crippen molar-refractivity contribution >= 4 is 35.1 Å². The van der Waals surface area contributed by atoms with Crippen LogP contribution in [0.15, 0.2) is 18.3 Å². The van der Waals surface area contributed by atoms with Crippen molar-refractivity contribution in [3.8, 4) is 0 Å². The van der Waals surface area contributed by atoms with Crippen LogP contribution in [0.2, 0.25) is 5.02 Å². The van der Waals surface area contributed by atoms with Crippen molar-refractivity contribution in [3.05, 3.63) is 34.7 Å². The summed E-state index contributed by atoms with van der Waals surface area (Å²) < 4.78 is 1.45. The molecule has 2 rings (SSSR count). The smallest absolute Gasteiger partial charge is 0.326 e. The number of carbonyl (C=O) groups excluding carboxylic acids is 1. The highest BCUT2D eigenvalue weighted by molar-refractivity contribution is 6.30. The molecule has 1 unspecified atom stereocenters. The highest BCUT2D eigenvalue weighted by Gasteiger charge is 2.26. The first kappa shape index (κ1) is 16.8. The average molecular weight is 340 g/mol. The summed E-state index contributed by atoms with van der Waals surface area (Å²) in [5.74, 6) is -3.47. The molecule has 23 heavy (non-hydrogen) atoms. The van der Waals surface area contributed by atoms with Crippen molar-refractivity contribution in [1.29, 1.82) is 0 Å². The van der Waals surface area contributed by atoms with Gasteiger partial charge in [0.1, 0.15) is 17.4 Å². The molecule has 0 aliphatic heterocycles. The monoisotopic (exact) mass is 339 g/mol. The summed E-state index contributed by atoms with van der Waals surface area (Å²) in [5.41, 5.74) is 1.09. The number of aliphatic carboxylic acids is 2. The second kappa shape index (κ2) is 6.66. The summed E-state index contributed by atoms with van der Waals surface area (Å²) in [5, 5.41) is 20.4. The van der Waals surface area contributed by atoms with Crippen molar-refractivity contribution in [2.75, 3.05) is 0 Å². The maximum absolute atomic E-state index is 12.4. The van der Waals surface area contributed by atoms with Gasteiger partial charge in [-0.2, -0.15) is 0 Å². The van der Waals surface area contributed by atoms with E-state index in [1.54, 1.807) is 19.1 Å². The standard InChI is InChI=1S/C14H14ClN3O5/c1-2-8-12(18-6-7(15)3-4-10(18)16-8)13(21)17-9(14(22)23)5-11(19)20/h3-4,6,9H,2,5H2,1H3,(H,17,21)(H,19,20)(H,22,23). The summed E-state index contributed by atoms with van der Waals surface area (Å²) in [7, 11) is 0. The average Bonchev–Trinajstić information content (AvgIpc) is 2.83. The zero-order valence-electron chi connectivity index (χ0n) is 12.1. The van der Waals surface area contributed by atoms with Crippen LogP contribution in [0.3, 0.4) is 0 Å². The van der Waals surface area contributed by atoms with Crippen LogP contribution in [-0.2, 0) is 16.0 Å². The zero-order chi connectivity index (χ0) is 17.1. The Kier molecular flexibility index (Phi) is 4.85. The number of carboxylic acids is 2. The summed E-state index contributed by atoms with van der Waals surface area (Å²) in [6.45, 7) is 1.80. The number of carbonyl (C=O) groups is 3. The zero-order valence-corrected chi connectivity index (χ0v) is 12.9. The number of nitrogens with one attached hydrogen (secondary N) is 1. The Hall–Kier alpha value is -2.61. The van der Waals surface area contributed by atoms with Crippen molar-refractivity contribution < 1.29 is 24.6 Å². The van der Waals surface area contributed by atoms with Gasteiger partial charge in [0.25, 0.3) is 5.91 Å². The Labute approximate surface area is 135 Å². The van der Waals surface area contributed by atoms with Crippen LogP contribution in [0.5, 0.6) is 0 Å². The molecule has 0 radical (unpaired) electrons. The fourth-order valence-electron chi connectivity index (χ4n) is 2.16. The lowest BCUT2D eigenvalue weighted by Gasteiger charge is -2.13. The quantitative estimate of drug-likeness (QED) is 0.727. The largest absolute Gasteiger partial charge is 0.481 e. The Bertz CT molecular complexity index is 786. The molecule has 1 atom stereocenters. The Morgan fingerprint density at radius 2 is 2.04 bits per heavy atom. The number of fused-ring (bicyclic) bond motifs is 1. The summed E-state index contributed by atoms with van der Waals surface area (Å²) in [6.07, 6.45) is 1.21. The van der Waals surface area contributed by atoms with Crippen molar-refractivity contribution in [2.24, 2.45) is 0 Å². The fourth-order valence-corrected chi connectivity index (χ4v) is 2.32. The number of aryl methyl sites for hydroxylation is 1. The summed E-state index contributed by atoms with van der Waals surface area (Å²) >= 11 is 5.92. The molecule has 0 aliphatic carbocycles. The van der Waals surface area contributed by atoms with Crippen LogP contribution in [-0.4, -0.2) is 43.5 Å². The lowest BCUT2D eigenvalue weighted by atomic mass is 10.2. The number of imidazole rings is 1. The molecule has 2 aromatic heterocycles. The lowest BCUT2D eigenvalue weighted by molar-refractivity contribution is -0.145. The van der Waals surface area contributed by atoms with E-state index in [-0.39, 0.29) is 5.69 Å². The van der Waals surface area contributed by atoms with E-state index < -0.39 is 30.3 Å². The number of rotatable bonds is 6. The lowest BCUT2D eigenvalue weighted by Crippen LogP contribution is -2.42. The number of pyridine rings is 1. The van der Waals surface area contributed by atoms with Crippen molar-refractivity contribution in [3.63, 3.8) is 0 Å². The normalized spacial score (nSPS) is 12.1. The highest BCUT2D eigenvalue weighted by atomic mass is 35.5. The fraction of sp³-hybridized carbons (Fsp3) is 0.286. The number of hydrogen-bond donors (Lipinski definition) is 3. The topological polar surface area (TPSA) is 121 Å². The SMILES string of the molecule is CCc1nc2ccc(Cl)cn2c1C(=O)NC(CC(=O)O)C(=O)O. The van der Waals surface area contributed by atoms with Gasteiger partial charge in [-0.1, -0.05) is 18.5 Å². The van der Waals surface area contributed by atoms with Gasteiger partial charge in [0.15, 0.2) is 0 Å². The predicted molar refractivity (Wildman–Crippen MR) is 80.7 cm³/mol. The third-order valence-electron chi connectivity index (χ3n) is 3.19. The van der Waals surface area contributed by atoms with E-state index in [0.717, 1.165) is 0 Å². The highest BCUT2D eigenvalue weighted by Crippen LogP contribution is 2.17. The summed E-state index contributed by atoms with van der Waals surface area (Å²) in [6, 6.07) is 1.72. The number of halogens is 1. The third-order valence-corrected chi connectivity index (χ3v) is 3.41. The molecule has 122 valence electrons. The molecule has 0 aliphatic rings. The van der Waals surface area contributed by atoms with E-state index >= 15 is 0 Å². The second-order valence-corrected chi connectivity index (χ2v) is 5.23. The molecule has 0 saturated heterocycles. The molecule has 1 amide bonds. The molecule has 9 heteroatoms. The van der Waals surface area contributed by atoms with Crippen LogP contribution in [0.1, 0.15) is 29.5 Å². The third kappa shape index (κ3) is 3.59. The number of hydrogen-bond acceptors (Lipinski definition) is 4. The molecule has 0 saturated carbocycles. The first-order chi connectivity index (χ1) is 10.8. The van der Waals surface area contributed by atoms with E-state index in [1.165, 1.54) is 10.6 Å². The molecular weight excluding hydrogens is 326 g/mol. The minimum absolute atomic E-state index is 0.140. The Morgan fingerprint density at radius 3 is 2.61 bits per heavy atom. The van der Waals surface area contributed by atoms with Gasteiger partial charge in [0.2, 0.25) is 0 Å². The van der Waals surface area contributed by atoms with Crippen LogP contribution in [0, 0.1) is 0 Å². The minimum Gasteiger partial charge on any atom is -0.481 e. The molecule has 0 fully saturated rings. The van der Waals surface area contributed by atoms with E-state index in [9.17, 15) is 14.4 Å². The molecule has 8 nitrogen and oxygen atoms in total. The minimum atomic E-state index is -1.53. The van der Waals surface area contributed by atoms with Gasteiger partial charge < -0.3 is 15.5 Å². The van der Waals surface area contributed by atoms with Crippen molar-refractivity contribution in [2.45, 2.75) is 25.8 Å². The number of aromatic nitrogens is 2. The van der Waals surface area contributed by atoms with Gasteiger partial charge in [-0.3, -0.25) is 14.0 Å². The second-order valence-electron chi connectivity index (χ2n) is 4.80. The van der Waals surface area contributed by atoms with Gasteiger partial charge >= 0.3 is 11.9 Å². The van der Waals surface area contributed by atoms with Crippen LogP contribution < -0.4 is 5.32 Å². The van der Waals surface area contributed by atoms with E-state index in [1.807, 2.05) is 0 Å². The molecule has 3 N–H and O–H groups in total. The van der Waals surface area contributed by atoms with Crippen molar-refractivity contribution in [1.82, 2.24) is 14.7 Å². The maximum Gasteiger partial charge on any atom is 0.326 e. The van der Waals surface area contributed by atoms with Crippen LogP contribution in [0.4, 0.5) is 0 Å². The van der Waals surface area contributed by atoms with Crippen LogP contribution in [0.25, 0.3) is 5.65 Å². The first-order valence-electron chi connectivity index (χ1n) is 6.75. The Balaban J connectivity index is 2.41. The van der Waals surface area contributed by atoms with Gasteiger partial charge in [-0.05, 0) is 18.6 Å². The Morgan fingerprint density at radius 1 is 1.35 bits per heavy atom.